The summed E-state index contributed by atoms with van der Waals surface area (Å²) in [5.41, 5.74) is 0. The van der Waals surface area contributed by atoms with E-state index in [2.05, 4.69) is 5.32 Å². The van der Waals surface area contributed by atoms with Crippen molar-refractivity contribution in [3.05, 3.63) is 0 Å². The number of carbonyl (C=O) groups excluding carboxylic acids is 1. The molecule has 0 saturated carbocycles. The number of aliphatic carboxylic acids is 2. The number of thioether (sulfide) groups is 1. The Labute approximate surface area is 91.0 Å². The molecule has 0 aromatic carbocycles. The molecule has 0 bridgehead atoms. The van der Waals surface area contributed by atoms with E-state index in [9.17, 15) is 14.4 Å². The Morgan fingerprint density at radius 3 is 2.33 bits per heavy atom. The fraction of sp³-hybridized carbons (Fsp3) is 0.625. The summed E-state index contributed by atoms with van der Waals surface area (Å²) in [6.07, 6.45) is 1.39. The molecule has 1 atom stereocenters. The zero-order valence-electron chi connectivity index (χ0n) is 8.23. The van der Waals surface area contributed by atoms with Gasteiger partial charge in [0.2, 0.25) is 5.91 Å². The van der Waals surface area contributed by atoms with Gasteiger partial charge in [0.1, 0.15) is 6.04 Å². The van der Waals surface area contributed by atoms with Crippen molar-refractivity contribution >= 4 is 29.6 Å². The molecule has 0 aromatic heterocycles. The first kappa shape index (κ1) is 13.8. The van der Waals surface area contributed by atoms with E-state index in [1.807, 2.05) is 6.26 Å². The molecule has 15 heavy (non-hydrogen) atoms. The highest BCUT2D eigenvalue weighted by Gasteiger charge is 2.22. The second-order valence-electron chi connectivity index (χ2n) is 2.80. The number of carboxylic acids is 2. The van der Waals surface area contributed by atoms with Crippen molar-refractivity contribution in [2.75, 3.05) is 12.0 Å². The summed E-state index contributed by atoms with van der Waals surface area (Å²) in [6.45, 7) is 0. The Morgan fingerprint density at radius 1 is 1.33 bits per heavy atom. The summed E-state index contributed by atoms with van der Waals surface area (Å²) in [5, 5.41) is 19.2. The van der Waals surface area contributed by atoms with Gasteiger partial charge < -0.3 is 15.5 Å². The predicted octanol–water partition coefficient (Wildman–Crippen LogP) is -0.216. The highest BCUT2D eigenvalue weighted by atomic mass is 32.2. The van der Waals surface area contributed by atoms with Gasteiger partial charge in [0.05, 0.1) is 6.42 Å². The molecule has 0 saturated heterocycles. The van der Waals surface area contributed by atoms with E-state index in [4.69, 9.17) is 10.2 Å². The lowest BCUT2D eigenvalue weighted by Crippen LogP contribution is -2.42. The summed E-state index contributed by atoms with van der Waals surface area (Å²) in [6, 6.07) is -1.35. The molecule has 3 N–H and O–H groups in total. The van der Waals surface area contributed by atoms with Crippen LogP contribution in [-0.2, 0) is 14.4 Å². The maximum atomic E-state index is 11.1. The number of carbonyl (C=O) groups is 3. The van der Waals surface area contributed by atoms with Crippen LogP contribution in [0, 0.1) is 0 Å². The number of rotatable bonds is 7. The summed E-state index contributed by atoms with van der Waals surface area (Å²) < 4.78 is 0. The lowest BCUT2D eigenvalue weighted by atomic mass is 10.2. The largest absolute Gasteiger partial charge is 0.481 e. The Bertz CT molecular complexity index is 255. The fourth-order valence-corrected chi connectivity index (χ4v) is 1.23. The molecule has 0 heterocycles. The van der Waals surface area contributed by atoms with Crippen LogP contribution in [0.5, 0.6) is 0 Å². The van der Waals surface area contributed by atoms with Gasteiger partial charge in [0, 0.05) is 12.2 Å². The molecule has 0 aromatic rings. The van der Waals surface area contributed by atoms with Gasteiger partial charge >= 0.3 is 11.9 Å². The Kier molecular flexibility index (Phi) is 6.52. The number of carboxylic acid groups (broad SMARTS) is 2. The van der Waals surface area contributed by atoms with Crippen LogP contribution >= 0.6 is 11.8 Å². The van der Waals surface area contributed by atoms with Crippen LogP contribution in [0.1, 0.15) is 12.8 Å². The monoisotopic (exact) mass is 235 g/mol. The molecule has 0 unspecified atom stereocenters. The molecule has 86 valence electrons. The molecule has 0 spiro atoms. The van der Waals surface area contributed by atoms with Crippen LogP contribution in [0.2, 0.25) is 0 Å². The molecule has 0 fully saturated rings. The minimum absolute atomic E-state index is 0.185. The molecule has 0 aliphatic heterocycles. The molecule has 1 amide bonds. The quantitative estimate of drug-likeness (QED) is 0.563. The van der Waals surface area contributed by atoms with E-state index in [0.29, 0.717) is 5.75 Å². The molecule has 7 heteroatoms. The Morgan fingerprint density at radius 2 is 1.93 bits per heavy atom. The lowest BCUT2D eigenvalue weighted by molar-refractivity contribution is -0.147. The second-order valence-corrected chi connectivity index (χ2v) is 3.78. The zero-order chi connectivity index (χ0) is 11.8. The highest BCUT2D eigenvalue weighted by molar-refractivity contribution is 7.98. The lowest BCUT2D eigenvalue weighted by Gasteiger charge is -2.11. The summed E-state index contributed by atoms with van der Waals surface area (Å²) >= 11 is 1.45. The Hall–Kier alpha value is -1.24. The van der Waals surface area contributed by atoms with Crippen molar-refractivity contribution in [3.63, 3.8) is 0 Å². The van der Waals surface area contributed by atoms with Crippen molar-refractivity contribution in [2.45, 2.75) is 18.9 Å². The van der Waals surface area contributed by atoms with E-state index in [-0.39, 0.29) is 6.42 Å². The maximum Gasteiger partial charge on any atom is 0.326 e. The van der Waals surface area contributed by atoms with Gasteiger partial charge in [-0.3, -0.25) is 9.59 Å². The molecular weight excluding hydrogens is 222 g/mol. The van der Waals surface area contributed by atoms with Gasteiger partial charge in [-0.2, -0.15) is 11.8 Å². The second kappa shape index (κ2) is 7.10. The van der Waals surface area contributed by atoms with Crippen molar-refractivity contribution in [2.24, 2.45) is 0 Å². The van der Waals surface area contributed by atoms with E-state index >= 15 is 0 Å². The first-order valence-corrected chi connectivity index (χ1v) is 5.59. The molecule has 0 aliphatic carbocycles. The van der Waals surface area contributed by atoms with Crippen LogP contribution in [-0.4, -0.2) is 46.1 Å². The zero-order valence-corrected chi connectivity index (χ0v) is 9.04. The average Bonchev–Trinajstić information content (AvgIpc) is 2.12. The summed E-state index contributed by atoms with van der Waals surface area (Å²) in [5.74, 6) is -2.47. The van der Waals surface area contributed by atoms with E-state index in [0.717, 1.165) is 0 Å². The van der Waals surface area contributed by atoms with Crippen molar-refractivity contribution < 1.29 is 24.6 Å². The van der Waals surface area contributed by atoms with Crippen LogP contribution in [0.4, 0.5) is 0 Å². The molecular formula is C8H13NO5S. The number of nitrogens with one attached hydrogen (secondary N) is 1. The van der Waals surface area contributed by atoms with Crippen molar-refractivity contribution in [3.8, 4) is 0 Å². The molecule has 0 aliphatic rings. The van der Waals surface area contributed by atoms with Gasteiger partial charge in [0.25, 0.3) is 0 Å². The molecule has 6 nitrogen and oxygen atoms in total. The van der Waals surface area contributed by atoms with Gasteiger partial charge in [-0.05, 0) is 6.26 Å². The Balaban J connectivity index is 4.10. The van der Waals surface area contributed by atoms with E-state index in [1.165, 1.54) is 11.8 Å². The minimum atomic E-state index is -1.35. The smallest absolute Gasteiger partial charge is 0.326 e. The number of amides is 1. The first-order valence-electron chi connectivity index (χ1n) is 4.20. The molecule has 0 rings (SSSR count). The third kappa shape index (κ3) is 6.78. The van der Waals surface area contributed by atoms with Crippen molar-refractivity contribution in [1.29, 1.82) is 0 Å². The van der Waals surface area contributed by atoms with Crippen LogP contribution in [0.25, 0.3) is 0 Å². The van der Waals surface area contributed by atoms with Crippen molar-refractivity contribution in [1.82, 2.24) is 5.32 Å². The van der Waals surface area contributed by atoms with Crippen LogP contribution in [0.3, 0.4) is 0 Å². The van der Waals surface area contributed by atoms with Gasteiger partial charge in [-0.25, -0.2) is 4.79 Å². The van der Waals surface area contributed by atoms with Gasteiger partial charge in [-0.15, -0.1) is 0 Å². The average molecular weight is 235 g/mol. The normalized spacial score (nSPS) is 11.8. The third-order valence-electron chi connectivity index (χ3n) is 1.55. The minimum Gasteiger partial charge on any atom is -0.481 e. The topological polar surface area (TPSA) is 104 Å². The van der Waals surface area contributed by atoms with Gasteiger partial charge in [0.15, 0.2) is 0 Å². The van der Waals surface area contributed by atoms with Crippen LogP contribution in [0.15, 0.2) is 0 Å². The fourth-order valence-electron chi connectivity index (χ4n) is 0.836. The highest BCUT2D eigenvalue weighted by Crippen LogP contribution is 1.98. The van der Waals surface area contributed by atoms with E-state index < -0.39 is 30.3 Å². The first-order chi connectivity index (χ1) is 6.97. The third-order valence-corrected chi connectivity index (χ3v) is 2.16. The van der Waals surface area contributed by atoms with Gasteiger partial charge in [-0.1, -0.05) is 0 Å². The molecule has 0 radical (unpaired) electrons. The summed E-state index contributed by atoms with van der Waals surface area (Å²) in [7, 11) is 0. The van der Waals surface area contributed by atoms with Crippen LogP contribution < -0.4 is 5.32 Å². The number of hydrogen-bond donors (Lipinski definition) is 3. The predicted molar refractivity (Wildman–Crippen MR) is 54.8 cm³/mol. The maximum absolute atomic E-state index is 11.1. The SMILES string of the molecule is CSCCC(=O)N[C@@H](CC(=O)O)C(=O)O. The summed E-state index contributed by atoms with van der Waals surface area (Å²) in [4.78, 5) is 32.0. The standard InChI is InChI=1S/C8H13NO5S/c1-15-3-2-6(10)9-5(8(13)14)4-7(11)12/h5H,2-4H2,1H3,(H,9,10)(H,11,12)(H,13,14)/t5-/m0/s1. The van der Waals surface area contributed by atoms with E-state index in [1.54, 1.807) is 0 Å². The number of hydrogen-bond acceptors (Lipinski definition) is 4.